The maximum absolute atomic E-state index is 9.36. The van der Waals surface area contributed by atoms with E-state index in [0.29, 0.717) is 6.73 Å². The van der Waals surface area contributed by atoms with Gasteiger partial charge in [0.2, 0.25) is 0 Å². The first-order valence-electron chi connectivity index (χ1n) is 7.56. The second-order valence-electron chi connectivity index (χ2n) is 6.13. The summed E-state index contributed by atoms with van der Waals surface area (Å²) in [4.78, 5) is 0. The van der Waals surface area contributed by atoms with Crippen LogP contribution in [-0.2, 0) is 4.74 Å². The van der Waals surface area contributed by atoms with E-state index in [-0.39, 0.29) is 6.10 Å². The SMILES string of the molecule is CCCCCCCCCOC[N+](C)(C)CC(C)O. The molecule has 0 amide bonds. The normalized spacial score (nSPS) is 13.8. The molecule has 3 nitrogen and oxygen atoms in total. The molecular formula is C15H34NO2+. The van der Waals surface area contributed by atoms with Gasteiger partial charge >= 0.3 is 0 Å². The number of ether oxygens (including phenoxy) is 1. The molecule has 0 rings (SSSR count). The minimum Gasteiger partial charge on any atom is -0.388 e. The van der Waals surface area contributed by atoms with Gasteiger partial charge < -0.3 is 14.3 Å². The number of nitrogens with zero attached hydrogens (tertiary/aromatic N) is 1. The maximum atomic E-state index is 9.36. The van der Waals surface area contributed by atoms with Crippen LogP contribution in [0.5, 0.6) is 0 Å². The summed E-state index contributed by atoms with van der Waals surface area (Å²) in [6.07, 6.45) is 8.99. The smallest absolute Gasteiger partial charge is 0.182 e. The van der Waals surface area contributed by atoms with Crippen LogP contribution < -0.4 is 0 Å². The molecule has 0 saturated carbocycles. The molecule has 0 aliphatic carbocycles. The zero-order valence-electron chi connectivity index (χ0n) is 13.0. The molecule has 1 unspecified atom stereocenters. The molecule has 18 heavy (non-hydrogen) atoms. The highest BCUT2D eigenvalue weighted by Gasteiger charge is 2.17. The molecule has 0 aliphatic rings. The summed E-state index contributed by atoms with van der Waals surface area (Å²) < 4.78 is 6.42. The van der Waals surface area contributed by atoms with E-state index in [0.717, 1.165) is 17.6 Å². The standard InChI is InChI=1S/C15H34NO2/c1-5-6-7-8-9-10-11-12-18-14-16(3,4)13-15(2)17/h15,17H,5-14H2,1-4H3/q+1. The van der Waals surface area contributed by atoms with Gasteiger partial charge in [-0.3, -0.25) is 0 Å². The largest absolute Gasteiger partial charge is 0.388 e. The third-order valence-electron chi connectivity index (χ3n) is 3.09. The number of quaternary nitrogens is 1. The summed E-state index contributed by atoms with van der Waals surface area (Å²) >= 11 is 0. The number of aliphatic hydroxyl groups excluding tert-OH is 1. The second-order valence-corrected chi connectivity index (χ2v) is 6.13. The van der Waals surface area contributed by atoms with Crippen molar-refractivity contribution in [1.29, 1.82) is 0 Å². The van der Waals surface area contributed by atoms with Crippen LogP contribution in [0.2, 0.25) is 0 Å². The first kappa shape index (κ1) is 17.9. The van der Waals surface area contributed by atoms with Crippen molar-refractivity contribution >= 4 is 0 Å². The summed E-state index contributed by atoms with van der Waals surface area (Å²) in [7, 11) is 4.19. The molecule has 0 fully saturated rings. The molecule has 0 aromatic rings. The van der Waals surface area contributed by atoms with Gasteiger partial charge in [-0.25, -0.2) is 0 Å². The average Bonchev–Trinajstić information content (AvgIpc) is 2.25. The predicted molar refractivity (Wildman–Crippen MR) is 77.5 cm³/mol. The van der Waals surface area contributed by atoms with Crippen molar-refractivity contribution in [3.8, 4) is 0 Å². The molecule has 0 aromatic heterocycles. The van der Waals surface area contributed by atoms with E-state index < -0.39 is 0 Å². The molecule has 110 valence electrons. The molecule has 0 aliphatic heterocycles. The fourth-order valence-electron chi connectivity index (χ4n) is 2.24. The Hall–Kier alpha value is -0.120. The molecule has 1 N–H and O–H groups in total. The third kappa shape index (κ3) is 12.3. The Balaban J connectivity index is 3.29. The van der Waals surface area contributed by atoms with E-state index in [1.807, 2.05) is 6.92 Å². The van der Waals surface area contributed by atoms with E-state index in [1.54, 1.807) is 0 Å². The fourth-order valence-corrected chi connectivity index (χ4v) is 2.24. The number of rotatable bonds is 12. The quantitative estimate of drug-likeness (QED) is 0.332. The Kier molecular flexibility index (Phi) is 10.7. The van der Waals surface area contributed by atoms with E-state index in [1.165, 1.54) is 44.9 Å². The molecular weight excluding hydrogens is 226 g/mol. The van der Waals surface area contributed by atoms with E-state index in [2.05, 4.69) is 21.0 Å². The fraction of sp³-hybridized carbons (Fsp3) is 1.00. The lowest BCUT2D eigenvalue weighted by atomic mass is 10.1. The van der Waals surface area contributed by atoms with Crippen LogP contribution in [-0.4, -0.2) is 49.7 Å². The van der Waals surface area contributed by atoms with Gasteiger partial charge in [-0.05, 0) is 13.3 Å². The Morgan fingerprint density at radius 2 is 1.56 bits per heavy atom. The summed E-state index contributed by atoms with van der Waals surface area (Å²) in [5.41, 5.74) is 0. The first-order valence-corrected chi connectivity index (χ1v) is 7.56. The molecule has 0 aromatic carbocycles. The van der Waals surface area contributed by atoms with Gasteiger partial charge in [-0.1, -0.05) is 45.4 Å². The van der Waals surface area contributed by atoms with Crippen LogP contribution in [0, 0.1) is 0 Å². The lowest BCUT2D eigenvalue weighted by molar-refractivity contribution is -0.912. The van der Waals surface area contributed by atoms with Crippen LogP contribution in [0.1, 0.15) is 58.8 Å². The van der Waals surface area contributed by atoms with Gasteiger partial charge in [-0.2, -0.15) is 0 Å². The lowest BCUT2D eigenvalue weighted by Gasteiger charge is -2.30. The first-order chi connectivity index (χ1) is 8.48. The number of hydrogen-bond acceptors (Lipinski definition) is 2. The zero-order chi connectivity index (χ0) is 13.9. The van der Waals surface area contributed by atoms with Gasteiger partial charge in [-0.15, -0.1) is 0 Å². The second kappa shape index (κ2) is 10.8. The zero-order valence-corrected chi connectivity index (χ0v) is 13.0. The minimum atomic E-state index is -0.262. The topological polar surface area (TPSA) is 29.5 Å². The monoisotopic (exact) mass is 260 g/mol. The summed E-state index contributed by atoms with van der Waals surface area (Å²) in [5.74, 6) is 0. The summed E-state index contributed by atoms with van der Waals surface area (Å²) in [5, 5.41) is 9.36. The van der Waals surface area contributed by atoms with Gasteiger partial charge in [0, 0.05) is 0 Å². The Labute approximate surface area is 114 Å². The summed E-state index contributed by atoms with van der Waals surface area (Å²) in [6.45, 7) is 6.38. The van der Waals surface area contributed by atoms with Crippen molar-refractivity contribution in [2.24, 2.45) is 0 Å². The number of unbranched alkanes of at least 4 members (excludes halogenated alkanes) is 6. The van der Waals surface area contributed by atoms with Crippen molar-refractivity contribution in [1.82, 2.24) is 0 Å². The van der Waals surface area contributed by atoms with E-state index in [4.69, 9.17) is 4.74 Å². The van der Waals surface area contributed by atoms with Crippen LogP contribution in [0.3, 0.4) is 0 Å². The van der Waals surface area contributed by atoms with Crippen LogP contribution in [0.4, 0.5) is 0 Å². The number of hydrogen-bond donors (Lipinski definition) is 1. The molecule has 1 atom stereocenters. The van der Waals surface area contributed by atoms with Crippen LogP contribution >= 0.6 is 0 Å². The number of aliphatic hydroxyl groups is 1. The van der Waals surface area contributed by atoms with E-state index in [9.17, 15) is 5.11 Å². The molecule has 3 heteroatoms. The Morgan fingerprint density at radius 3 is 2.11 bits per heavy atom. The van der Waals surface area contributed by atoms with Crippen molar-refractivity contribution in [3.05, 3.63) is 0 Å². The van der Waals surface area contributed by atoms with Gasteiger partial charge in [0.1, 0.15) is 12.6 Å². The lowest BCUT2D eigenvalue weighted by Crippen LogP contribution is -2.46. The van der Waals surface area contributed by atoms with Crippen molar-refractivity contribution < 1.29 is 14.3 Å². The molecule has 0 saturated heterocycles. The Morgan fingerprint density at radius 1 is 1.00 bits per heavy atom. The minimum absolute atomic E-state index is 0.262. The Bertz CT molecular complexity index is 181. The van der Waals surface area contributed by atoms with Crippen molar-refractivity contribution in [2.75, 3.05) is 34.0 Å². The highest BCUT2D eigenvalue weighted by molar-refractivity contribution is 4.45. The predicted octanol–water partition coefficient (Wildman–Crippen LogP) is 3.17. The number of likely N-dealkylation sites (N-methyl/N-ethyl adjacent to an activating group) is 1. The van der Waals surface area contributed by atoms with Crippen molar-refractivity contribution in [3.63, 3.8) is 0 Å². The van der Waals surface area contributed by atoms with Gasteiger partial charge in [0.05, 0.1) is 20.7 Å². The summed E-state index contributed by atoms with van der Waals surface area (Å²) in [6, 6.07) is 0. The van der Waals surface area contributed by atoms with Gasteiger partial charge in [0.25, 0.3) is 0 Å². The third-order valence-corrected chi connectivity index (χ3v) is 3.09. The van der Waals surface area contributed by atoms with Crippen LogP contribution in [0.25, 0.3) is 0 Å². The molecule has 0 bridgehead atoms. The molecule has 0 radical (unpaired) electrons. The van der Waals surface area contributed by atoms with Crippen molar-refractivity contribution in [2.45, 2.75) is 64.9 Å². The highest BCUT2D eigenvalue weighted by Crippen LogP contribution is 2.07. The molecule has 0 heterocycles. The molecule has 0 spiro atoms. The van der Waals surface area contributed by atoms with Crippen LogP contribution in [0.15, 0.2) is 0 Å². The highest BCUT2D eigenvalue weighted by atomic mass is 16.5. The van der Waals surface area contributed by atoms with Gasteiger partial charge in [0.15, 0.2) is 6.73 Å². The average molecular weight is 260 g/mol. The maximum Gasteiger partial charge on any atom is 0.182 e. The van der Waals surface area contributed by atoms with E-state index >= 15 is 0 Å².